The van der Waals surface area contributed by atoms with Crippen LogP contribution in [0.4, 0.5) is 0 Å². The zero-order chi connectivity index (χ0) is 11.4. The summed E-state index contributed by atoms with van der Waals surface area (Å²) < 4.78 is 7.40. The van der Waals surface area contributed by atoms with Gasteiger partial charge in [-0.1, -0.05) is 0 Å². The molecule has 0 unspecified atom stereocenters. The van der Waals surface area contributed by atoms with Crippen molar-refractivity contribution in [2.75, 3.05) is 13.7 Å². The molecule has 0 amide bonds. The number of benzene rings is 1. The molecule has 1 aromatic carbocycles. The van der Waals surface area contributed by atoms with Crippen LogP contribution in [-0.2, 0) is 6.54 Å². The molecule has 0 bridgehead atoms. The Morgan fingerprint density at radius 2 is 2.12 bits per heavy atom. The van der Waals surface area contributed by atoms with Crippen molar-refractivity contribution >= 4 is 10.9 Å². The van der Waals surface area contributed by atoms with E-state index in [1.54, 1.807) is 7.11 Å². The van der Waals surface area contributed by atoms with Gasteiger partial charge in [-0.25, -0.2) is 0 Å². The molecule has 0 radical (unpaired) electrons. The molecule has 1 aromatic heterocycles. The normalized spacial score (nSPS) is 10.9. The lowest BCUT2D eigenvalue weighted by Crippen LogP contribution is -1.97. The average Bonchev–Trinajstić information content (AvgIpc) is 2.72. The number of rotatable bonds is 5. The molecule has 0 fully saturated rings. The van der Waals surface area contributed by atoms with Gasteiger partial charge < -0.3 is 14.4 Å². The van der Waals surface area contributed by atoms with E-state index in [4.69, 9.17) is 9.84 Å². The van der Waals surface area contributed by atoms with Crippen molar-refractivity contribution in [2.45, 2.75) is 19.4 Å². The summed E-state index contributed by atoms with van der Waals surface area (Å²) in [6.07, 6.45) is 3.95. The third-order valence-electron chi connectivity index (χ3n) is 2.79. The fraction of sp³-hybridized carbons (Fsp3) is 0.385. The maximum absolute atomic E-state index is 8.75. The second kappa shape index (κ2) is 5.03. The van der Waals surface area contributed by atoms with Gasteiger partial charge in [-0.05, 0) is 37.1 Å². The molecule has 0 spiro atoms. The van der Waals surface area contributed by atoms with Gasteiger partial charge in [0.05, 0.1) is 7.11 Å². The number of ether oxygens (including phenoxy) is 1. The summed E-state index contributed by atoms with van der Waals surface area (Å²) in [6, 6.07) is 8.19. The van der Waals surface area contributed by atoms with Gasteiger partial charge in [-0.2, -0.15) is 0 Å². The molecule has 0 aliphatic rings. The van der Waals surface area contributed by atoms with Crippen molar-refractivity contribution in [3.8, 4) is 5.75 Å². The van der Waals surface area contributed by atoms with Crippen molar-refractivity contribution < 1.29 is 9.84 Å². The van der Waals surface area contributed by atoms with Gasteiger partial charge in [0.25, 0.3) is 0 Å². The number of aliphatic hydroxyl groups excluding tert-OH is 1. The minimum Gasteiger partial charge on any atom is -0.497 e. The SMILES string of the molecule is COc1ccc2c(ccn2CCCCO)c1. The Balaban J connectivity index is 2.20. The predicted molar refractivity (Wildman–Crippen MR) is 64.8 cm³/mol. The molecule has 0 aliphatic heterocycles. The number of nitrogens with zero attached hydrogens (tertiary/aromatic N) is 1. The van der Waals surface area contributed by atoms with E-state index in [9.17, 15) is 0 Å². The van der Waals surface area contributed by atoms with Crippen LogP contribution in [0.1, 0.15) is 12.8 Å². The number of unbranched alkanes of at least 4 members (excludes halogenated alkanes) is 1. The third kappa shape index (κ3) is 2.19. The molecular weight excluding hydrogens is 202 g/mol. The lowest BCUT2D eigenvalue weighted by molar-refractivity contribution is 0.281. The van der Waals surface area contributed by atoms with Gasteiger partial charge in [0, 0.05) is 30.3 Å². The summed E-state index contributed by atoms with van der Waals surface area (Å²) in [4.78, 5) is 0. The largest absolute Gasteiger partial charge is 0.497 e. The fourth-order valence-corrected chi connectivity index (χ4v) is 1.89. The smallest absolute Gasteiger partial charge is 0.119 e. The highest BCUT2D eigenvalue weighted by Gasteiger charge is 2.01. The first-order valence-electron chi connectivity index (χ1n) is 5.59. The number of aryl methyl sites for hydroxylation is 1. The Bertz CT molecular complexity index is 462. The van der Waals surface area contributed by atoms with Crippen molar-refractivity contribution in [3.63, 3.8) is 0 Å². The highest BCUT2D eigenvalue weighted by atomic mass is 16.5. The van der Waals surface area contributed by atoms with Gasteiger partial charge in [-0.3, -0.25) is 0 Å². The Kier molecular flexibility index (Phi) is 3.47. The Morgan fingerprint density at radius 3 is 2.88 bits per heavy atom. The van der Waals surface area contributed by atoms with Crippen LogP contribution in [0, 0.1) is 0 Å². The quantitative estimate of drug-likeness (QED) is 0.784. The van der Waals surface area contributed by atoms with Crippen molar-refractivity contribution in [1.29, 1.82) is 0 Å². The monoisotopic (exact) mass is 219 g/mol. The lowest BCUT2D eigenvalue weighted by Gasteiger charge is -2.05. The van der Waals surface area contributed by atoms with Gasteiger partial charge in [0.15, 0.2) is 0 Å². The molecule has 0 atom stereocenters. The molecule has 1 N–H and O–H groups in total. The number of hydrogen-bond acceptors (Lipinski definition) is 2. The highest BCUT2D eigenvalue weighted by Crippen LogP contribution is 2.22. The van der Waals surface area contributed by atoms with Crippen molar-refractivity contribution in [2.24, 2.45) is 0 Å². The lowest BCUT2D eigenvalue weighted by atomic mass is 10.2. The van der Waals surface area contributed by atoms with E-state index < -0.39 is 0 Å². The summed E-state index contributed by atoms with van der Waals surface area (Å²) in [7, 11) is 1.68. The van der Waals surface area contributed by atoms with E-state index in [1.165, 1.54) is 10.9 Å². The third-order valence-corrected chi connectivity index (χ3v) is 2.79. The average molecular weight is 219 g/mol. The number of aromatic nitrogens is 1. The summed E-state index contributed by atoms with van der Waals surface area (Å²) in [5.74, 6) is 0.889. The number of hydrogen-bond donors (Lipinski definition) is 1. The number of aliphatic hydroxyl groups is 1. The Morgan fingerprint density at radius 1 is 1.25 bits per heavy atom. The maximum Gasteiger partial charge on any atom is 0.119 e. The van der Waals surface area contributed by atoms with Crippen LogP contribution in [0.15, 0.2) is 30.5 Å². The molecule has 2 aromatic rings. The fourth-order valence-electron chi connectivity index (χ4n) is 1.89. The molecule has 3 heteroatoms. The summed E-state index contributed by atoms with van der Waals surface area (Å²) in [6.45, 7) is 1.23. The summed E-state index contributed by atoms with van der Waals surface area (Å²) in [5, 5.41) is 9.95. The van der Waals surface area contributed by atoms with Gasteiger partial charge in [-0.15, -0.1) is 0 Å². The highest BCUT2D eigenvalue weighted by molar-refractivity contribution is 5.81. The van der Waals surface area contributed by atoms with Crippen LogP contribution in [0.25, 0.3) is 10.9 Å². The minimum absolute atomic E-state index is 0.271. The molecule has 16 heavy (non-hydrogen) atoms. The van der Waals surface area contributed by atoms with Crippen molar-refractivity contribution in [1.82, 2.24) is 4.57 Å². The molecule has 86 valence electrons. The molecule has 2 rings (SSSR count). The van der Waals surface area contributed by atoms with Gasteiger partial charge >= 0.3 is 0 Å². The summed E-state index contributed by atoms with van der Waals surface area (Å²) in [5.41, 5.74) is 1.22. The number of fused-ring (bicyclic) bond motifs is 1. The first-order chi connectivity index (χ1) is 7.85. The topological polar surface area (TPSA) is 34.4 Å². The molecule has 0 saturated carbocycles. The molecule has 3 nitrogen and oxygen atoms in total. The molecule has 1 heterocycles. The number of methoxy groups -OCH3 is 1. The standard InChI is InChI=1S/C13H17NO2/c1-16-12-4-5-13-11(10-12)6-8-14(13)7-2-3-9-15/h4-6,8,10,15H,2-3,7,9H2,1H3. The minimum atomic E-state index is 0.271. The van der Waals surface area contributed by atoms with E-state index >= 15 is 0 Å². The first-order valence-corrected chi connectivity index (χ1v) is 5.59. The maximum atomic E-state index is 8.75. The van der Waals surface area contributed by atoms with Gasteiger partial charge in [0.2, 0.25) is 0 Å². The van der Waals surface area contributed by atoms with E-state index in [0.717, 1.165) is 25.1 Å². The van der Waals surface area contributed by atoms with E-state index in [2.05, 4.69) is 22.9 Å². The van der Waals surface area contributed by atoms with Crippen LogP contribution >= 0.6 is 0 Å². The second-order valence-electron chi connectivity index (χ2n) is 3.86. The summed E-state index contributed by atoms with van der Waals surface area (Å²) >= 11 is 0. The molecule has 0 aliphatic carbocycles. The van der Waals surface area contributed by atoms with E-state index in [0.29, 0.717) is 0 Å². The van der Waals surface area contributed by atoms with Crippen LogP contribution in [-0.4, -0.2) is 23.4 Å². The van der Waals surface area contributed by atoms with Crippen LogP contribution in [0.3, 0.4) is 0 Å². The van der Waals surface area contributed by atoms with Gasteiger partial charge in [0.1, 0.15) is 5.75 Å². The van der Waals surface area contributed by atoms with Crippen molar-refractivity contribution in [3.05, 3.63) is 30.5 Å². The van der Waals surface area contributed by atoms with E-state index in [1.807, 2.05) is 12.1 Å². The first kappa shape index (κ1) is 11.0. The molecule has 0 saturated heterocycles. The second-order valence-corrected chi connectivity index (χ2v) is 3.86. The Labute approximate surface area is 95.3 Å². The Hall–Kier alpha value is -1.48. The van der Waals surface area contributed by atoms with Crippen LogP contribution in [0.2, 0.25) is 0 Å². The molecular formula is C13H17NO2. The predicted octanol–water partition coefficient (Wildman–Crippen LogP) is 2.42. The van der Waals surface area contributed by atoms with Crippen LogP contribution < -0.4 is 4.74 Å². The van der Waals surface area contributed by atoms with Crippen LogP contribution in [0.5, 0.6) is 5.75 Å². The zero-order valence-electron chi connectivity index (χ0n) is 9.52. The zero-order valence-corrected chi connectivity index (χ0v) is 9.52. The van der Waals surface area contributed by atoms with E-state index in [-0.39, 0.29) is 6.61 Å².